The Balaban J connectivity index is 1.87. The Kier molecular flexibility index (Phi) is 11.2. The normalized spacial score (nSPS) is 12.0. The van der Waals surface area contributed by atoms with Crippen molar-refractivity contribution in [3.05, 3.63) is 100 Å². The van der Waals surface area contributed by atoms with Gasteiger partial charge in [0, 0.05) is 37.5 Å². The quantitative estimate of drug-likeness (QED) is 0.297. The topological polar surface area (TPSA) is 86.8 Å². The van der Waals surface area contributed by atoms with Gasteiger partial charge in [0.15, 0.2) is 0 Å². The van der Waals surface area contributed by atoms with Crippen molar-refractivity contribution in [1.82, 2.24) is 10.2 Å². The molecule has 9 heteroatoms. The molecule has 2 amide bonds. The number of carbonyl (C=O) groups is 2. The zero-order chi connectivity index (χ0) is 29.3. The molecule has 0 unspecified atom stereocenters. The van der Waals surface area contributed by atoms with E-state index in [1.54, 1.807) is 17.0 Å². The SMILES string of the molecule is CCNC(=O)[C@@H](Cc1ccccc1)N(Cc1ccc(Cl)cc1)C(=O)CCCN(c1cc(C)ccc1C)S(C)(=O)=O. The third-order valence-corrected chi connectivity index (χ3v) is 8.11. The molecule has 1 N–H and O–H groups in total. The molecule has 214 valence electrons. The van der Waals surface area contributed by atoms with Crippen LogP contribution in [0.25, 0.3) is 0 Å². The number of amides is 2. The molecule has 0 aliphatic rings. The summed E-state index contributed by atoms with van der Waals surface area (Å²) in [5.74, 6) is -0.460. The second kappa shape index (κ2) is 14.3. The summed E-state index contributed by atoms with van der Waals surface area (Å²) in [4.78, 5) is 28.7. The number of carbonyl (C=O) groups excluding carboxylic acids is 2. The summed E-state index contributed by atoms with van der Waals surface area (Å²) < 4.78 is 26.8. The third-order valence-electron chi connectivity index (χ3n) is 6.67. The van der Waals surface area contributed by atoms with E-state index in [0.29, 0.717) is 30.1 Å². The maximum absolute atomic E-state index is 13.8. The lowest BCUT2D eigenvalue weighted by Crippen LogP contribution is -2.50. The summed E-state index contributed by atoms with van der Waals surface area (Å²) in [6.45, 7) is 6.43. The number of nitrogens with one attached hydrogen (secondary N) is 1. The third kappa shape index (κ3) is 8.83. The van der Waals surface area contributed by atoms with Crippen LogP contribution in [0.4, 0.5) is 5.69 Å². The molecular formula is C31H38ClN3O4S. The van der Waals surface area contributed by atoms with Gasteiger partial charge in [0.1, 0.15) is 6.04 Å². The molecule has 3 rings (SSSR count). The van der Waals surface area contributed by atoms with Gasteiger partial charge in [-0.05, 0) is 67.6 Å². The van der Waals surface area contributed by atoms with Crippen molar-refractivity contribution in [2.24, 2.45) is 0 Å². The lowest BCUT2D eigenvalue weighted by atomic mass is 10.0. The summed E-state index contributed by atoms with van der Waals surface area (Å²) in [7, 11) is -3.57. The summed E-state index contributed by atoms with van der Waals surface area (Å²) in [5.41, 5.74) is 4.17. The van der Waals surface area contributed by atoms with Crippen molar-refractivity contribution in [3.8, 4) is 0 Å². The molecule has 0 spiro atoms. The van der Waals surface area contributed by atoms with E-state index in [1.807, 2.05) is 81.4 Å². The molecule has 0 aliphatic carbocycles. The first-order valence-electron chi connectivity index (χ1n) is 13.4. The summed E-state index contributed by atoms with van der Waals surface area (Å²) in [6, 6.07) is 21.7. The molecule has 0 radical (unpaired) electrons. The van der Waals surface area contributed by atoms with Crippen LogP contribution >= 0.6 is 11.6 Å². The van der Waals surface area contributed by atoms with Crippen molar-refractivity contribution >= 4 is 39.1 Å². The molecular weight excluding hydrogens is 546 g/mol. The molecule has 1 atom stereocenters. The minimum absolute atomic E-state index is 0.0785. The zero-order valence-corrected chi connectivity index (χ0v) is 25.1. The number of benzene rings is 3. The van der Waals surface area contributed by atoms with Crippen molar-refractivity contribution < 1.29 is 18.0 Å². The maximum atomic E-state index is 13.8. The fraction of sp³-hybridized carbons (Fsp3) is 0.355. The lowest BCUT2D eigenvalue weighted by Gasteiger charge is -2.32. The first-order valence-corrected chi connectivity index (χ1v) is 15.6. The highest BCUT2D eigenvalue weighted by Gasteiger charge is 2.30. The number of hydrogen-bond donors (Lipinski definition) is 1. The van der Waals surface area contributed by atoms with Gasteiger partial charge in [-0.1, -0.05) is 66.2 Å². The minimum atomic E-state index is -3.57. The molecule has 0 aliphatic heterocycles. The van der Waals surface area contributed by atoms with E-state index in [0.717, 1.165) is 22.3 Å². The zero-order valence-electron chi connectivity index (χ0n) is 23.6. The van der Waals surface area contributed by atoms with Crippen LogP contribution in [0.3, 0.4) is 0 Å². The van der Waals surface area contributed by atoms with E-state index >= 15 is 0 Å². The van der Waals surface area contributed by atoms with Gasteiger partial charge >= 0.3 is 0 Å². The summed E-state index contributed by atoms with van der Waals surface area (Å²) in [5, 5.41) is 3.46. The number of anilines is 1. The standard InChI is InChI=1S/C31H38ClN3O4S/c1-5-33-31(37)29(21-25-10-7-6-8-11-25)34(22-26-15-17-27(32)18-16-26)30(36)12-9-19-35(40(4,38)39)28-20-23(2)13-14-24(28)3/h6-8,10-11,13-18,20,29H,5,9,12,19,21-22H2,1-4H3,(H,33,37)/t29-/m1/s1. The second-order valence-corrected chi connectivity index (χ2v) is 12.3. The van der Waals surface area contributed by atoms with E-state index in [2.05, 4.69) is 5.32 Å². The Morgan fingerprint density at radius 3 is 2.25 bits per heavy atom. The highest BCUT2D eigenvalue weighted by molar-refractivity contribution is 7.92. The highest BCUT2D eigenvalue weighted by atomic mass is 35.5. The second-order valence-electron chi connectivity index (χ2n) is 9.98. The molecule has 0 saturated carbocycles. The Hall–Kier alpha value is -3.36. The van der Waals surface area contributed by atoms with E-state index in [4.69, 9.17) is 11.6 Å². The number of rotatable bonds is 13. The van der Waals surface area contributed by atoms with Gasteiger partial charge in [-0.15, -0.1) is 0 Å². The predicted molar refractivity (Wildman–Crippen MR) is 162 cm³/mol. The Labute approximate surface area is 243 Å². The Morgan fingerprint density at radius 1 is 0.950 bits per heavy atom. The van der Waals surface area contributed by atoms with E-state index < -0.39 is 16.1 Å². The minimum Gasteiger partial charge on any atom is -0.355 e. The predicted octanol–water partition coefficient (Wildman–Crippen LogP) is 5.28. The van der Waals surface area contributed by atoms with Crippen LogP contribution in [0.2, 0.25) is 5.02 Å². The molecule has 0 fully saturated rings. The maximum Gasteiger partial charge on any atom is 0.243 e. The van der Waals surface area contributed by atoms with Crippen LogP contribution in [0.15, 0.2) is 72.8 Å². The van der Waals surface area contributed by atoms with E-state index in [-0.39, 0.29) is 31.3 Å². The number of aryl methyl sites for hydroxylation is 2. The number of sulfonamides is 1. The first kappa shape index (κ1) is 31.2. The van der Waals surface area contributed by atoms with E-state index in [9.17, 15) is 18.0 Å². The van der Waals surface area contributed by atoms with Crippen LogP contribution in [0.1, 0.15) is 42.0 Å². The van der Waals surface area contributed by atoms with Gasteiger partial charge in [0.2, 0.25) is 21.8 Å². The van der Waals surface area contributed by atoms with Crippen LogP contribution < -0.4 is 9.62 Å². The van der Waals surface area contributed by atoms with Crippen molar-refractivity contribution in [3.63, 3.8) is 0 Å². The van der Waals surface area contributed by atoms with Crippen molar-refractivity contribution in [2.75, 3.05) is 23.7 Å². The van der Waals surface area contributed by atoms with Gasteiger partial charge in [0.25, 0.3) is 0 Å². The number of likely N-dealkylation sites (N-methyl/N-ethyl adjacent to an activating group) is 1. The number of nitrogens with zero attached hydrogens (tertiary/aromatic N) is 2. The average molecular weight is 584 g/mol. The van der Waals surface area contributed by atoms with Crippen molar-refractivity contribution in [2.45, 2.75) is 52.6 Å². The summed E-state index contributed by atoms with van der Waals surface area (Å²) >= 11 is 6.08. The number of hydrogen-bond acceptors (Lipinski definition) is 4. The fourth-order valence-corrected chi connectivity index (χ4v) is 5.74. The molecule has 0 heterocycles. The van der Waals surface area contributed by atoms with E-state index in [1.165, 1.54) is 10.6 Å². The van der Waals surface area contributed by atoms with Crippen LogP contribution in [-0.4, -0.2) is 50.5 Å². The molecule has 0 aromatic heterocycles. The molecule has 0 bridgehead atoms. The van der Waals surface area contributed by atoms with Crippen LogP contribution in [0.5, 0.6) is 0 Å². The largest absolute Gasteiger partial charge is 0.355 e. The van der Waals surface area contributed by atoms with Gasteiger partial charge in [-0.25, -0.2) is 8.42 Å². The molecule has 40 heavy (non-hydrogen) atoms. The number of halogens is 1. The Bertz CT molecular complexity index is 1400. The van der Waals surface area contributed by atoms with Gasteiger partial charge in [0.05, 0.1) is 11.9 Å². The van der Waals surface area contributed by atoms with Gasteiger partial charge in [-0.3, -0.25) is 13.9 Å². The molecule has 7 nitrogen and oxygen atoms in total. The molecule has 0 saturated heterocycles. The first-order chi connectivity index (χ1) is 19.0. The summed E-state index contributed by atoms with van der Waals surface area (Å²) in [6.07, 6.45) is 1.90. The van der Waals surface area contributed by atoms with Crippen molar-refractivity contribution in [1.29, 1.82) is 0 Å². The van der Waals surface area contributed by atoms with Gasteiger partial charge in [-0.2, -0.15) is 0 Å². The monoisotopic (exact) mass is 583 g/mol. The van der Waals surface area contributed by atoms with Crippen LogP contribution in [-0.2, 0) is 32.6 Å². The smallest absolute Gasteiger partial charge is 0.243 e. The van der Waals surface area contributed by atoms with Gasteiger partial charge < -0.3 is 10.2 Å². The van der Waals surface area contributed by atoms with Crippen LogP contribution in [0, 0.1) is 13.8 Å². The highest BCUT2D eigenvalue weighted by Crippen LogP contribution is 2.25. The Morgan fingerprint density at radius 2 is 1.62 bits per heavy atom. The lowest BCUT2D eigenvalue weighted by molar-refractivity contribution is -0.141. The molecule has 3 aromatic rings. The average Bonchev–Trinajstić information content (AvgIpc) is 2.91. The molecule has 3 aromatic carbocycles. The fourth-order valence-electron chi connectivity index (χ4n) is 4.60.